The number of hydrogen-bond donors (Lipinski definition) is 2. The van der Waals surface area contributed by atoms with Gasteiger partial charge in [0.25, 0.3) is 0 Å². The SMILES string of the molecule is CCCCN1C(CC(=O)O)C(=O)NCCC1(C)C. The molecule has 5 heteroatoms. The van der Waals surface area contributed by atoms with Gasteiger partial charge in [0, 0.05) is 12.1 Å². The van der Waals surface area contributed by atoms with Crippen molar-refractivity contribution in [2.24, 2.45) is 0 Å². The second kappa shape index (κ2) is 6.18. The molecule has 1 heterocycles. The number of rotatable bonds is 5. The van der Waals surface area contributed by atoms with E-state index in [4.69, 9.17) is 5.11 Å². The van der Waals surface area contributed by atoms with Gasteiger partial charge in [0.1, 0.15) is 6.04 Å². The number of carboxylic acid groups (broad SMARTS) is 1. The van der Waals surface area contributed by atoms with Crippen molar-refractivity contribution in [1.29, 1.82) is 0 Å². The van der Waals surface area contributed by atoms with Crippen LogP contribution in [-0.4, -0.2) is 46.6 Å². The number of aliphatic carboxylic acids is 1. The van der Waals surface area contributed by atoms with Crippen LogP contribution in [0.15, 0.2) is 0 Å². The van der Waals surface area contributed by atoms with Gasteiger partial charge in [-0.3, -0.25) is 14.5 Å². The number of nitrogens with zero attached hydrogens (tertiary/aromatic N) is 1. The van der Waals surface area contributed by atoms with Gasteiger partial charge in [-0.2, -0.15) is 0 Å². The van der Waals surface area contributed by atoms with Crippen LogP contribution in [0.5, 0.6) is 0 Å². The van der Waals surface area contributed by atoms with Gasteiger partial charge >= 0.3 is 5.97 Å². The average Bonchev–Trinajstić information content (AvgIpc) is 2.35. The second-order valence-corrected chi connectivity index (χ2v) is 5.51. The van der Waals surface area contributed by atoms with Gasteiger partial charge in [0.2, 0.25) is 5.91 Å². The molecule has 2 N–H and O–H groups in total. The van der Waals surface area contributed by atoms with E-state index in [0.717, 1.165) is 25.8 Å². The summed E-state index contributed by atoms with van der Waals surface area (Å²) in [6.07, 6.45) is 2.73. The molecule has 5 nitrogen and oxygen atoms in total. The molecule has 0 spiro atoms. The van der Waals surface area contributed by atoms with Crippen molar-refractivity contribution in [3.63, 3.8) is 0 Å². The Morgan fingerprint density at radius 1 is 1.56 bits per heavy atom. The summed E-state index contributed by atoms with van der Waals surface area (Å²) in [6.45, 7) is 7.64. The monoisotopic (exact) mass is 256 g/mol. The number of amides is 1. The summed E-state index contributed by atoms with van der Waals surface area (Å²) < 4.78 is 0. The van der Waals surface area contributed by atoms with Crippen LogP contribution >= 0.6 is 0 Å². The highest BCUT2D eigenvalue weighted by Gasteiger charge is 2.39. The van der Waals surface area contributed by atoms with Gasteiger partial charge in [-0.05, 0) is 33.2 Å². The Morgan fingerprint density at radius 2 is 2.22 bits per heavy atom. The number of carbonyl (C=O) groups excluding carboxylic acids is 1. The first-order valence-corrected chi connectivity index (χ1v) is 6.64. The molecule has 1 fully saturated rings. The molecule has 104 valence electrons. The molecule has 18 heavy (non-hydrogen) atoms. The molecule has 1 amide bonds. The Hall–Kier alpha value is -1.10. The molecule has 1 atom stereocenters. The molecule has 0 aromatic carbocycles. The lowest BCUT2D eigenvalue weighted by Gasteiger charge is -2.40. The van der Waals surface area contributed by atoms with Crippen LogP contribution in [0.1, 0.15) is 46.5 Å². The van der Waals surface area contributed by atoms with Gasteiger partial charge in [-0.15, -0.1) is 0 Å². The lowest BCUT2D eigenvalue weighted by atomic mass is 9.95. The summed E-state index contributed by atoms with van der Waals surface area (Å²) in [5, 5.41) is 11.8. The van der Waals surface area contributed by atoms with Crippen LogP contribution in [0.25, 0.3) is 0 Å². The molecule has 1 unspecified atom stereocenters. The maximum Gasteiger partial charge on any atom is 0.305 e. The molecule has 0 aliphatic carbocycles. The molecule has 0 aromatic heterocycles. The van der Waals surface area contributed by atoms with E-state index in [-0.39, 0.29) is 17.9 Å². The van der Waals surface area contributed by atoms with Crippen molar-refractivity contribution in [2.75, 3.05) is 13.1 Å². The van der Waals surface area contributed by atoms with E-state index in [1.807, 2.05) is 0 Å². The third-order valence-corrected chi connectivity index (χ3v) is 3.61. The van der Waals surface area contributed by atoms with Crippen molar-refractivity contribution in [2.45, 2.75) is 58.0 Å². The molecule has 1 aliphatic rings. The average molecular weight is 256 g/mol. The first-order valence-electron chi connectivity index (χ1n) is 6.64. The zero-order chi connectivity index (χ0) is 13.8. The fraction of sp³-hybridized carbons (Fsp3) is 0.846. The van der Waals surface area contributed by atoms with E-state index < -0.39 is 12.0 Å². The largest absolute Gasteiger partial charge is 0.481 e. The number of nitrogens with one attached hydrogen (secondary N) is 1. The van der Waals surface area contributed by atoms with Gasteiger partial charge in [0.05, 0.1) is 6.42 Å². The molecule has 0 saturated carbocycles. The van der Waals surface area contributed by atoms with Gasteiger partial charge in [-0.1, -0.05) is 13.3 Å². The fourth-order valence-corrected chi connectivity index (χ4v) is 2.47. The van der Waals surface area contributed by atoms with Crippen LogP contribution in [0, 0.1) is 0 Å². The lowest BCUT2D eigenvalue weighted by molar-refractivity contribution is -0.142. The minimum absolute atomic E-state index is 0.126. The number of carboxylic acids is 1. The summed E-state index contributed by atoms with van der Waals surface area (Å²) in [5.41, 5.74) is -0.144. The summed E-state index contributed by atoms with van der Waals surface area (Å²) >= 11 is 0. The zero-order valence-corrected chi connectivity index (χ0v) is 11.5. The van der Waals surface area contributed by atoms with Crippen molar-refractivity contribution in [3.8, 4) is 0 Å². The van der Waals surface area contributed by atoms with E-state index in [9.17, 15) is 9.59 Å². The van der Waals surface area contributed by atoms with E-state index in [0.29, 0.717) is 6.54 Å². The van der Waals surface area contributed by atoms with Crippen molar-refractivity contribution in [1.82, 2.24) is 10.2 Å². The van der Waals surface area contributed by atoms with Crippen molar-refractivity contribution < 1.29 is 14.7 Å². The third-order valence-electron chi connectivity index (χ3n) is 3.61. The maximum absolute atomic E-state index is 12.0. The number of carbonyl (C=O) groups is 2. The summed E-state index contributed by atoms with van der Waals surface area (Å²) in [4.78, 5) is 25.0. The Kier molecular flexibility index (Phi) is 5.14. The zero-order valence-electron chi connectivity index (χ0n) is 11.5. The molecule has 0 aromatic rings. The molecule has 0 bridgehead atoms. The Balaban J connectivity index is 2.93. The highest BCUT2D eigenvalue weighted by molar-refractivity contribution is 5.86. The normalized spacial score (nSPS) is 24.4. The maximum atomic E-state index is 12.0. The van der Waals surface area contributed by atoms with E-state index in [2.05, 4.69) is 31.0 Å². The van der Waals surface area contributed by atoms with Crippen LogP contribution in [0.2, 0.25) is 0 Å². The highest BCUT2D eigenvalue weighted by atomic mass is 16.4. The third kappa shape index (κ3) is 3.70. The molecule has 1 aliphatic heterocycles. The summed E-state index contributed by atoms with van der Waals surface area (Å²) in [7, 11) is 0. The smallest absolute Gasteiger partial charge is 0.305 e. The highest BCUT2D eigenvalue weighted by Crippen LogP contribution is 2.26. The predicted octanol–water partition coefficient (Wildman–Crippen LogP) is 1.23. The molecule has 1 rings (SSSR count). The Labute approximate surface area is 109 Å². The van der Waals surface area contributed by atoms with Crippen molar-refractivity contribution in [3.05, 3.63) is 0 Å². The Bertz CT molecular complexity index is 315. The predicted molar refractivity (Wildman–Crippen MR) is 69.4 cm³/mol. The number of hydrogen-bond acceptors (Lipinski definition) is 3. The topological polar surface area (TPSA) is 69.6 Å². The lowest BCUT2D eigenvalue weighted by Crippen LogP contribution is -2.53. The van der Waals surface area contributed by atoms with Crippen LogP contribution < -0.4 is 5.32 Å². The minimum Gasteiger partial charge on any atom is -0.481 e. The van der Waals surface area contributed by atoms with Crippen LogP contribution in [0.3, 0.4) is 0 Å². The summed E-state index contributed by atoms with van der Waals surface area (Å²) in [6, 6.07) is -0.549. The Morgan fingerprint density at radius 3 is 2.78 bits per heavy atom. The van der Waals surface area contributed by atoms with Gasteiger partial charge in [-0.25, -0.2) is 0 Å². The van der Waals surface area contributed by atoms with Crippen LogP contribution in [-0.2, 0) is 9.59 Å². The minimum atomic E-state index is -0.922. The first kappa shape index (κ1) is 15.0. The van der Waals surface area contributed by atoms with E-state index in [1.54, 1.807) is 0 Å². The number of unbranched alkanes of at least 4 members (excludes halogenated alkanes) is 1. The van der Waals surface area contributed by atoms with Crippen molar-refractivity contribution >= 4 is 11.9 Å². The molecule has 1 saturated heterocycles. The quantitative estimate of drug-likeness (QED) is 0.776. The standard InChI is InChI=1S/C13H24N2O3/c1-4-5-8-15-10(9-11(16)17)12(18)14-7-6-13(15,2)3/h10H,4-9H2,1-3H3,(H,14,18)(H,16,17). The fourth-order valence-electron chi connectivity index (χ4n) is 2.47. The van der Waals surface area contributed by atoms with E-state index >= 15 is 0 Å². The molecular weight excluding hydrogens is 232 g/mol. The second-order valence-electron chi connectivity index (χ2n) is 5.51. The van der Waals surface area contributed by atoms with E-state index in [1.165, 1.54) is 0 Å². The first-order chi connectivity index (χ1) is 8.38. The van der Waals surface area contributed by atoms with Crippen LogP contribution in [0.4, 0.5) is 0 Å². The van der Waals surface area contributed by atoms with Gasteiger partial charge < -0.3 is 10.4 Å². The molecule has 0 radical (unpaired) electrons. The van der Waals surface area contributed by atoms with Gasteiger partial charge in [0.15, 0.2) is 0 Å². The summed E-state index contributed by atoms with van der Waals surface area (Å²) in [5.74, 6) is -1.08. The molecular formula is C13H24N2O3.